The first-order chi connectivity index (χ1) is 8.71. The van der Waals surface area contributed by atoms with Crippen LogP contribution in [0.1, 0.15) is 17.0 Å². The molecule has 1 N–H and O–H groups in total. The molecule has 0 saturated carbocycles. The van der Waals surface area contributed by atoms with Gasteiger partial charge in [0.15, 0.2) is 0 Å². The Morgan fingerprint density at radius 1 is 1.16 bits per heavy atom. The summed E-state index contributed by atoms with van der Waals surface area (Å²) in [7, 11) is 0. The zero-order valence-corrected chi connectivity index (χ0v) is 10.7. The number of carbonyl (C=O) groups excluding carboxylic acids is 2. The van der Waals surface area contributed by atoms with Crippen molar-refractivity contribution in [2.24, 2.45) is 0 Å². The van der Waals surface area contributed by atoms with Crippen LogP contribution < -0.4 is 5.32 Å². The lowest BCUT2D eigenvalue weighted by atomic mass is 9.95. The van der Waals surface area contributed by atoms with Gasteiger partial charge in [-0.25, -0.2) is 4.39 Å². The lowest BCUT2D eigenvalue weighted by Gasteiger charge is -2.14. The number of benzene rings is 1. The van der Waals surface area contributed by atoms with Gasteiger partial charge in [0.1, 0.15) is 10.6 Å². The molecule has 1 saturated heterocycles. The zero-order valence-electron chi connectivity index (χ0n) is 9.09. The number of imide groups is 1. The number of hydrogen-bond donors (Lipinski definition) is 1. The molecule has 2 unspecified atom stereocenters. The molecule has 1 aliphatic rings. The van der Waals surface area contributed by atoms with Gasteiger partial charge in [0.05, 0.1) is 11.5 Å². The summed E-state index contributed by atoms with van der Waals surface area (Å²) < 4.78 is 50.8. The molecule has 0 spiro atoms. The van der Waals surface area contributed by atoms with Gasteiger partial charge in [0.2, 0.25) is 11.8 Å². The third-order valence-corrected chi connectivity index (χ3v) is 3.67. The van der Waals surface area contributed by atoms with Gasteiger partial charge in [-0.1, -0.05) is 22.0 Å². The minimum absolute atomic E-state index is 0.0704. The SMILES string of the molecule is O=C1NC(=O)C(c2ccc(F)c(C(F)(F)F)c2)C1Br. The predicted molar refractivity (Wildman–Crippen MR) is 60.0 cm³/mol. The zero-order chi connectivity index (χ0) is 14.4. The molecule has 1 aliphatic heterocycles. The quantitative estimate of drug-likeness (QED) is 0.485. The molecule has 8 heteroatoms. The summed E-state index contributed by atoms with van der Waals surface area (Å²) >= 11 is 2.93. The molecular weight excluding hydrogens is 334 g/mol. The highest BCUT2D eigenvalue weighted by Gasteiger charge is 2.42. The normalized spacial score (nSPS) is 23.6. The Hall–Kier alpha value is -1.44. The van der Waals surface area contributed by atoms with Gasteiger partial charge in [0, 0.05) is 0 Å². The Morgan fingerprint density at radius 2 is 1.79 bits per heavy atom. The number of carbonyl (C=O) groups is 2. The number of rotatable bonds is 1. The first-order valence-corrected chi connectivity index (χ1v) is 5.99. The summed E-state index contributed by atoms with van der Waals surface area (Å²) in [4.78, 5) is 21.8. The second kappa shape index (κ2) is 4.59. The molecule has 0 aromatic heterocycles. The van der Waals surface area contributed by atoms with Gasteiger partial charge in [-0.3, -0.25) is 14.9 Å². The molecule has 0 aliphatic carbocycles. The van der Waals surface area contributed by atoms with Crippen LogP contribution in [0.2, 0.25) is 0 Å². The summed E-state index contributed by atoms with van der Waals surface area (Å²) in [6.07, 6.45) is -4.86. The fraction of sp³-hybridized carbons (Fsp3) is 0.273. The molecule has 0 bridgehead atoms. The van der Waals surface area contributed by atoms with Crippen molar-refractivity contribution in [3.8, 4) is 0 Å². The van der Waals surface area contributed by atoms with Crippen molar-refractivity contribution < 1.29 is 27.2 Å². The fourth-order valence-electron chi connectivity index (χ4n) is 1.83. The number of amides is 2. The van der Waals surface area contributed by atoms with Crippen molar-refractivity contribution in [2.75, 3.05) is 0 Å². The lowest BCUT2D eigenvalue weighted by molar-refractivity contribution is -0.140. The fourth-order valence-corrected chi connectivity index (χ4v) is 2.49. The number of halogens is 5. The summed E-state index contributed by atoms with van der Waals surface area (Å²) in [6.45, 7) is 0. The topological polar surface area (TPSA) is 46.2 Å². The summed E-state index contributed by atoms with van der Waals surface area (Å²) in [6, 6.07) is 2.24. The Morgan fingerprint density at radius 3 is 2.26 bits per heavy atom. The van der Waals surface area contributed by atoms with Crippen molar-refractivity contribution in [1.82, 2.24) is 5.32 Å². The van der Waals surface area contributed by atoms with Gasteiger partial charge < -0.3 is 0 Å². The summed E-state index contributed by atoms with van der Waals surface area (Å²) in [5.74, 6) is -3.87. The number of hydrogen-bond acceptors (Lipinski definition) is 2. The summed E-state index contributed by atoms with van der Waals surface area (Å²) in [5.41, 5.74) is -1.53. The van der Waals surface area contributed by atoms with E-state index in [2.05, 4.69) is 15.9 Å². The predicted octanol–water partition coefficient (Wildman–Crippen LogP) is 2.35. The number of nitrogens with one attached hydrogen (secondary N) is 1. The van der Waals surface area contributed by atoms with Crippen LogP contribution >= 0.6 is 15.9 Å². The minimum atomic E-state index is -4.86. The molecule has 1 aromatic rings. The number of alkyl halides is 4. The standard InChI is InChI=1S/C11H6BrF4NO2/c12-8-7(9(18)17-10(8)19)4-1-2-6(13)5(3-4)11(14,15)16/h1-3,7-8H,(H,17,18,19). The van der Waals surface area contributed by atoms with Gasteiger partial charge in [0.25, 0.3) is 0 Å². The van der Waals surface area contributed by atoms with Gasteiger partial charge in [-0.2, -0.15) is 13.2 Å². The molecule has 1 heterocycles. The Kier molecular flexibility index (Phi) is 3.38. The van der Waals surface area contributed by atoms with E-state index in [-0.39, 0.29) is 5.56 Å². The maximum absolute atomic E-state index is 13.1. The molecule has 1 aromatic carbocycles. The summed E-state index contributed by atoms with van der Waals surface area (Å²) in [5, 5.41) is 1.99. The monoisotopic (exact) mass is 339 g/mol. The second-order valence-electron chi connectivity index (χ2n) is 3.97. The molecule has 2 rings (SSSR count). The van der Waals surface area contributed by atoms with Gasteiger partial charge in [-0.05, 0) is 17.7 Å². The van der Waals surface area contributed by atoms with E-state index in [0.717, 1.165) is 6.07 Å². The highest BCUT2D eigenvalue weighted by molar-refractivity contribution is 9.10. The molecule has 2 amide bonds. The molecule has 102 valence electrons. The highest BCUT2D eigenvalue weighted by Crippen LogP contribution is 2.36. The van der Waals surface area contributed by atoms with Crippen LogP contribution in [0.15, 0.2) is 18.2 Å². The Bertz CT molecular complexity index is 558. The largest absolute Gasteiger partial charge is 0.419 e. The van der Waals surface area contributed by atoms with E-state index < -0.39 is 40.1 Å². The van der Waals surface area contributed by atoms with E-state index >= 15 is 0 Å². The van der Waals surface area contributed by atoms with Crippen molar-refractivity contribution in [3.05, 3.63) is 35.1 Å². The van der Waals surface area contributed by atoms with E-state index in [4.69, 9.17) is 0 Å². The maximum atomic E-state index is 13.1. The van der Waals surface area contributed by atoms with E-state index in [0.29, 0.717) is 12.1 Å². The van der Waals surface area contributed by atoms with E-state index in [9.17, 15) is 27.2 Å². The van der Waals surface area contributed by atoms with Crippen LogP contribution in [0.4, 0.5) is 17.6 Å². The molecule has 0 radical (unpaired) electrons. The molecular formula is C11H6BrF4NO2. The smallest absolute Gasteiger partial charge is 0.295 e. The van der Waals surface area contributed by atoms with Crippen molar-refractivity contribution in [1.29, 1.82) is 0 Å². The van der Waals surface area contributed by atoms with Crippen LogP contribution in [0.5, 0.6) is 0 Å². The van der Waals surface area contributed by atoms with Crippen LogP contribution in [0.25, 0.3) is 0 Å². The van der Waals surface area contributed by atoms with E-state index in [1.807, 2.05) is 5.32 Å². The van der Waals surface area contributed by atoms with Gasteiger partial charge in [-0.15, -0.1) is 0 Å². The van der Waals surface area contributed by atoms with Crippen LogP contribution in [-0.2, 0) is 15.8 Å². The van der Waals surface area contributed by atoms with E-state index in [1.165, 1.54) is 0 Å². The molecule has 3 nitrogen and oxygen atoms in total. The maximum Gasteiger partial charge on any atom is 0.419 e. The Labute approximate surface area is 113 Å². The average molecular weight is 340 g/mol. The van der Waals surface area contributed by atoms with Gasteiger partial charge >= 0.3 is 6.18 Å². The van der Waals surface area contributed by atoms with E-state index in [1.54, 1.807) is 0 Å². The molecule has 2 atom stereocenters. The second-order valence-corrected chi connectivity index (χ2v) is 4.96. The first-order valence-electron chi connectivity index (χ1n) is 5.07. The van der Waals surface area contributed by atoms with Crippen molar-refractivity contribution in [3.63, 3.8) is 0 Å². The third-order valence-electron chi connectivity index (χ3n) is 2.73. The van der Waals surface area contributed by atoms with Crippen molar-refractivity contribution in [2.45, 2.75) is 16.9 Å². The molecule has 1 fully saturated rings. The van der Waals surface area contributed by atoms with Crippen molar-refractivity contribution >= 4 is 27.7 Å². The lowest BCUT2D eigenvalue weighted by Crippen LogP contribution is -2.22. The van der Waals surface area contributed by atoms with Crippen LogP contribution in [0.3, 0.4) is 0 Å². The third kappa shape index (κ3) is 2.49. The molecule has 19 heavy (non-hydrogen) atoms. The van der Waals surface area contributed by atoms with Crippen LogP contribution in [-0.4, -0.2) is 16.6 Å². The van der Waals surface area contributed by atoms with Crippen LogP contribution in [0, 0.1) is 5.82 Å². The Balaban J connectivity index is 2.47. The average Bonchev–Trinajstić information content (AvgIpc) is 2.53. The first kappa shape index (κ1) is 14.0. The minimum Gasteiger partial charge on any atom is -0.295 e. The highest BCUT2D eigenvalue weighted by atomic mass is 79.9.